The van der Waals surface area contributed by atoms with Crippen molar-refractivity contribution in [3.63, 3.8) is 0 Å². The van der Waals surface area contributed by atoms with Crippen molar-refractivity contribution in [3.8, 4) is 11.1 Å². The molecule has 0 saturated carbocycles. The number of rotatable bonds is 4. The van der Waals surface area contributed by atoms with Gasteiger partial charge in [-0.05, 0) is 30.7 Å². The Morgan fingerprint density at radius 2 is 1.82 bits per heavy atom. The van der Waals surface area contributed by atoms with Crippen molar-refractivity contribution in [2.24, 2.45) is 4.99 Å². The number of hydrogen-bond donors (Lipinski definition) is 3. The Kier molecular flexibility index (Phi) is 5.59. The molecule has 2 aliphatic heterocycles. The number of alkyl halides is 3. The van der Waals surface area contributed by atoms with E-state index >= 15 is 0 Å². The highest BCUT2D eigenvalue weighted by atomic mass is 19.4. The smallest absolute Gasteiger partial charge is 0.388 e. The minimum atomic E-state index is -4.44. The maximum Gasteiger partial charge on any atom is 0.416 e. The lowest BCUT2D eigenvalue weighted by Crippen LogP contribution is -2.31. The van der Waals surface area contributed by atoms with Crippen LogP contribution >= 0.6 is 0 Å². The van der Waals surface area contributed by atoms with Gasteiger partial charge < -0.3 is 19.5 Å². The first-order chi connectivity index (χ1) is 16.2. The van der Waals surface area contributed by atoms with Crippen molar-refractivity contribution in [1.29, 1.82) is 0 Å². The average molecular weight is 472 g/mol. The molecule has 0 spiro atoms. The molecule has 1 fully saturated rings. The topological polar surface area (TPSA) is 82.2 Å². The monoisotopic (exact) mass is 472 g/mol. The predicted octanol–water partition coefficient (Wildman–Crippen LogP) is 4.32. The molecular weight excluding hydrogens is 449 g/mol. The van der Waals surface area contributed by atoms with Crippen molar-refractivity contribution in [2.75, 3.05) is 5.43 Å². The Morgan fingerprint density at radius 1 is 1.06 bits per heavy atom. The molecular formula is C24H23F3N4O3. The van der Waals surface area contributed by atoms with E-state index in [0.29, 0.717) is 12.4 Å². The number of fused-ring (bicyclic) bond motifs is 1. The van der Waals surface area contributed by atoms with Gasteiger partial charge in [0.25, 0.3) is 0 Å². The molecule has 1 aromatic heterocycles. The van der Waals surface area contributed by atoms with Gasteiger partial charge in [0, 0.05) is 17.3 Å². The van der Waals surface area contributed by atoms with Gasteiger partial charge in [-0.1, -0.05) is 36.4 Å². The standard InChI is InChI=1S/C24H23F3N4O3/c1-14-20(32)21(33)23(34-14)31-12-18(15-6-3-2-4-7-15)19-11-30(13-28-22(19)31)29-17-9-5-8-16(10-17)24(25,26)27/h2-10,12-14,20-21,23,29,32-33H,11H2,1H3/t14-,20-,21-,23-/m1/s1. The number of aromatic nitrogens is 1. The number of benzene rings is 2. The van der Waals surface area contributed by atoms with Crippen LogP contribution in [-0.2, 0) is 17.5 Å². The summed E-state index contributed by atoms with van der Waals surface area (Å²) in [5, 5.41) is 22.3. The number of anilines is 1. The third-order valence-corrected chi connectivity index (χ3v) is 6.05. The molecule has 34 heavy (non-hydrogen) atoms. The van der Waals surface area contributed by atoms with Crippen molar-refractivity contribution in [2.45, 2.75) is 44.2 Å². The molecule has 10 heteroatoms. The van der Waals surface area contributed by atoms with Gasteiger partial charge in [-0.3, -0.25) is 10.4 Å². The summed E-state index contributed by atoms with van der Waals surface area (Å²) in [5.74, 6) is 0.547. The third-order valence-electron chi connectivity index (χ3n) is 6.05. The van der Waals surface area contributed by atoms with Crippen LogP contribution in [0.2, 0.25) is 0 Å². The lowest BCUT2D eigenvalue weighted by atomic mass is 10.0. The van der Waals surface area contributed by atoms with Crippen LogP contribution in [0.5, 0.6) is 0 Å². The second-order valence-electron chi connectivity index (χ2n) is 8.39. The maximum absolute atomic E-state index is 13.1. The summed E-state index contributed by atoms with van der Waals surface area (Å²) < 4.78 is 46.8. The molecule has 0 unspecified atom stereocenters. The van der Waals surface area contributed by atoms with E-state index < -0.39 is 36.3 Å². The molecule has 0 bridgehead atoms. The van der Waals surface area contributed by atoms with Crippen LogP contribution in [0.4, 0.5) is 24.7 Å². The lowest BCUT2D eigenvalue weighted by molar-refractivity contribution is -0.137. The molecule has 0 aliphatic carbocycles. The van der Waals surface area contributed by atoms with E-state index in [2.05, 4.69) is 10.4 Å². The number of aliphatic hydroxyl groups is 2. The van der Waals surface area contributed by atoms with Crippen molar-refractivity contribution < 1.29 is 28.1 Å². The highest BCUT2D eigenvalue weighted by molar-refractivity contribution is 5.77. The number of hydrogen-bond acceptors (Lipinski definition) is 6. The number of nitrogens with zero attached hydrogens (tertiary/aromatic N) is 3. The van der Waals surface area contributed by atoms with Crippen molar-refractivity contribution in [3.05, 3.63) is 71.9 Å². The van der Waals surface area contributed by atoms with Crippen LogP contribution in [0.1, 0.15) is 24.3 Å². The SMILES string of the molecule is C[C@H]1O[C@@H](n2cc(-c3ccccc3)c3c2N=CN(Nc2cccc(C(F)(F)F)c2)C3)[C@H](O)[C@@H]1O. The molecule has 178 valence electrons. The van der Waals surface area contributed by atoms with E-state index in [1.54, 1.807) is 22.6 Å². The summed E-state index contributed by atoms with van der Waals surface area (Å²) >= 11 is 0. The second kappa shape index (κ2) is 8.46. The third kappa shape index (κ3) is 4.04. The Balaban J connectivity index is 1.49. The van der Waals surface area contributed by atoms with Gasteiger partial charge in [-0.15, -0.1) is 0 Å². The summed E-state index contributed by atoms with van der Waals surface area (Å²) in [4.78, 5) is 4.52. The van der Waals surface area contributed by atoms with E-state index in [1.807, 2.05) is 36.5 Å². The van der Waals surface area contributed by atoms with E-state index in [4.69, 9.17) is 4.74 Å². The fraction of sp³-hybridized carbons (Fsp3) is 0.292. The molecule has 0 amide bonds. The molecule has 2 aromatic carbocycles. The van der Waals surface area contributed by atoms with E-state index in [-0.39, 0.29) is 5.69 Å². The Morgan fingerprint density at radius 3 is 2.50 bits per heavy atom. The number of nitrogens with one attached hydrogen (secondary N) is 1. The van der Waals surface area contributed by atoms with Crippen molar-refractivity contribution in [1.82, 2.24) is 9.58 Å². The maximum atomic E-state index is 13.1. The number of aliphatic hydroxyl groups excluding tert-OH is 2. The fourth-order valence-electron chi connectivity index (χ4n) is 4.31. The molecule has 0 radical (unpaired) electrons. The second-order valence-corrected chi connectivity index (χ2v) is 8.39. The minimum absolute atomic E-state index is 0.275. The lowest BCUT2D eigenvalue weighted by Gasteiger charge is -2.27. The van der Waals surface area contributed by atoms with E-state index in [1.165, 1.54) is 12.4 Å². The van der Waals surface area contributed by atoms with Crippen LogP contribution < -0.4 is 5.43 Å². The van der Waals surface area contributed by atoms with Crippen molar-refractivity contribution >= 4 is 17.8 Å². The molecule has 3 aromatic rings. The first-order valence-electron chi connectivity index (χ1n) is 10.8. The minimum Gasteiger partial charge on any atom is -0.388 e. The molecule has 7 nitrogen and oxygen atoms in total. The van der Waals surface area contributed by atoms with Crippen LogP contribution in [0.25, 0.3) is 11.1 Å². The van der Waals surface area contributed by atoms with Gasteiger partial charge in [-0.25, -0.2) is 4.99 Å². The first kappa shape index (κ1) is 22.5. The molecule has 1 saturated heterocycles. The summed E-state index contributed by atoms with van der Waals surface area (Å²) in [6.07, 6.45) is -4.68. The molecule has 5 rings (SSSR count). The molecule has 2 aliphatic rings. The Bertz CT molecular complexity index is 1210. The largest absolute Gasteiger partial charge is 0.416 e. The predicted molar refractivity (Wildman–Crippen MR) is 120 cm³/mol. The normalized spacial score (nSPS) is 24.4. The summed E-state index contributed by atoms with van der Waals surface area (Å²) in [7, 11) is 0. The zero-order valence-corrected chi connectivity index (χ0v) is 18.1. The molecule has 3 heterocycles. The highest BCUT2D eigenvalue weighted by Crippen LogP contribution is 2.41. The average Bonchev–Trinajstić information content (AvgIpc) is 3.31. The quantitative estimate of drug-likeness (QED) is 0.527. The Hall–Kier alpha value is -3.34. The van der Waals surface area contributed by atoms with Gasteiger partial charge in [-0.2, -0.15) is 13.2 Å². The van der Waals surface area contributed by atoms with Crippen LogP contribution in [-0.4, -0.2) is 44.4 Å². The number of halogens is 3. The van der Waals surface area contributed by atoms with Crippen LogP contribution in [0.3, 0.4) is 0 Å². The zero-order valence-electron chi connectivity index (χ0n) is 18.1. The number of ether oxygens (including phenoxy) is 1. The summed E-state index contributed by atoms with van der Waals surface area (Å²) in [6.45, 7) is 1.99. The van der Waals surface area contributed by atoms with Gasteiger partial charge in [0.05, 0.1) is 23.9 Å². The number of aliphatic imine (C=N–C) groups is 1. The van der Waals surface area contributed by atoms with Gasteiger partial charge >= 0.3 is 6.18 Å². The van der Waals surface area contributed by atoms with E-state index in [9.17, 15) is 23.4 Å². The summed E-state index contributed by atoms with van der Waals surface area (Å²) in [5.41, 5.74) is 5.05. The fourth-order valence-corrected chi connectivity index (χ4v) is 4.31. The summed E-state index contributed by atoms with van der Waals surface area (Å²) in [6, 6.07) is 14.5. The Labute approximate surface area is 193 Å². The highest BCUT2D eigenvalue weighted by Gasteiger charge is 2.43. The molecule has 4 atom stereocenters. The van der Waals surface area contributed by atoms with Crippen LogP contribution in [0, 0.1) is 0 Å². The first-order valence-corrected chi connectivity index (χ1v) is 10.8. The van der Waals surface area contributed by atoms with Gasteiger partial charge in [0.1, 0.15) is 24.4 Å². The zero-order chi connectivity index (χ0) is 24.0. The van der Waals surface area contributed by atoms with E-state index in [0.717, 1.165) is 28.8 Å². The number of hydrazine groups is 1. The molecule has 3 N–H and O–H groups in total. The van der Waals surface area contributed by atoms with Crippen LogP contribution in [0.15, 0.2) is 65.8 Å². The van der Waals surface area contributed by atoms with Gasteiger partial charge in [0.15, 0.2) is 6.23 Å². The van der Waals surface area contributed by atoms with Gasteiger partial charge in [0.2, 0.25) is 0 Å².